The Morgan fingerprint density at radius 2 is 2.26 bits per heavy atom. The lowest BCUT2D eigenvalue weighted by molar-refractivity contribution is -0.157. The summed E-state index contributed by atoms with van der Waals surface area (Å²) in [5.41, 5.74) is 1.61. The van der Waals surface area contributed by atoms with Crippen LogP contribution in [-0.4, -0.2) is 18.8 Å². The first kappa shape index (κ1) is 14.0. The van der Waals surface area contributed by atoms with Gasteiger partial charge < -0.3 is 10.1 Å². The molecule has 0 aliphatic heterocycles. The van der Waals surface area contributed by atoms with E-state index in [0.717, 1.165) is 18.1 Å². The molecule has 3 rings (SSSR count). The highest BCUT2D eigenvalue weighted by Crippen LogP contribution is 2.58. The largest absolute Gasteiger partial charge is 0.381 e. The molecule has 2 unspecified atom stereocenters. The number of halogens is 2. The Hall–Kier alpha value is -0.000000000000000111. The van der Waals surface area contributed by atoms with E-state index in [1.165, 1.54) is 28.5 Å². The van der Waals surface area contributed by atoms with E-state index in [4.69, 9.17) is 16.3 Å². The molecule has 2 aliphatic rings. The van der Waals surface area contributed by atoms with Crippen molar-refractivity contribution in [3.63, 3.8) is 0 Å². The zero-order valence-electron chi connectivity index (χ0n) is 11.1. The first-order chi connectivity index (χ1) is 9.15. The molecule has 1 N–H and O–H groups in total. The molecule has 0 aromatic heterocycles. The zero-order valence-corrected chi connectivity index (χ0v) is 14.0. The lowest BCUT2D eigenvalue weighted by atomic mass is 9.51. The predicted octanol–water partition coefficient (Wildman–Crippen LogP) is 4.70. The second-order valence-electron chi connectivity index (χ2n) is 5.59. The van der Waals surface area contributed by atoms with Crippen LogP contribution in [0.3, 0.4) is 0 Å². The van der Waals surface area contributed by atoms with E-state index in [-0.39, 0.29) is 0 Å². The lowest BCUT2D eigenvalue weighted by Crippen LogP contribution is -2.64. The third kappa shape index (κ3) is 2.38. The quantitative estimate of drug-likeness (QED) is 0.751. The summed E-state index contributed by atoms with van der Waals surface area (Å²) in [7, 11) is 0. The normalized spacial score (nSPS) is 27.7. The van der Waals surface area contributed by atoms with Gasteiger partial charge in [0.1, 0.15) is 0 Å². The number of hydrogen-bond donors (Lipinski definition) is 1. The van der Waals surface area contributed by atoms with Crippen molar-refractivity contribution in [1.82, 2.24) is 0 Å². The summed E-state index contributed by atoms with van der Waals surface area (Å²) >= 11 is 8.35. The summed E-state index contributed by atoms with van der Waals surface area (Å²) in [5.74, 6) is 0. The van der Waals surface area contributed by atoms with E-state index in [0.29, 0.717) is 17.6 Å². The Morgan fingerprint density at radius 3 is 2.84 bits per heavy atom. The molecule has 4 heteroatoms. The minimum absolute atomic E-state index is 0.402. The van der Waals surface area contributed by atoms with Crippen molar-refractivity contribution in [3.05, 3.63) is 26.8 Å². The first-order valence-corrected chi connectivity index (χ1v) is 8.44. The van der Waals surface area contributed by atoms with Crippen molar-refractivity contribution in [2.75, 3.05) is 11.9 Å². The van der Waals surface area contributed by atoms with E-state index in [1.54, 1.807) is 0 Å². The van der Waals surface area contributed by atoms with Gasteiger partial charge in [0.25, 0.3) is 0 Å². The fourth-order valence-corrected chi connectivity index (χ4v) is 4.46. The van der Waals surface area contributed by atoms with Crippen molar-refractivity contribution < 1.29 is 4.74 Å². The van der Waals surface area contributed by atoms with E-state index in [1.807, 2.05) is 12.1 Å². The average Bonchev–Trinajstić information content (AvgIpc) is 2.28. The third-order valence-corrected chi connectivity index (χ3v) is 5.83. The number of nitrogens with one attached hydrogen (secondary N) is 1. The standard InChI is InChI=1S/C15H19ClINO/c1-2-19-14-9-13(15(14)6-3-7-15)18-12-5-4-10(16)8-11(12)17/h4-5,8,13-14,18H,2-3,6-7,9H2,1H3. The van der Waals surface area contributed by atoms with Crippen LogP contribution >= 0.6 is 34.2 Å². The minimum Gasteiger partial charge on any atom is -0.381 e. The molecule has 1 aromatic carbocycles. The van der Waals surface area contributed by atoms with E-state index in [2.05, 4.69) is 40.9 Å². The van der Waals surface area contributed by atoms with Gasteiger partial charge in [-0.2, -0.15) is 0 Å². The van der Waals surface area contributed by atoms with E-state index >= 15 is 0 Å². The van der Waals surface area contributed by atoms with Gasteiger partial charge in [-0.25, -0.2) is 0 Å². The molecule has 19 heavy (non-hydrogen) atoms. The molecule has 2 saturated carbocycles. The van der Waals surface area contributed by atoms with Crippen molar-refractivity contribution >= 4 is 39.9 Å². The first-order valence-electron chi connectivity index (χ1n) is 6.99. The van der Waals surface area contributed by atoms with Gasteiger partial charge in [-0.15, -0.1) is 0 Å². The maximum Gasteiger partial charge on any atom is 0.0670 e. The number of anilines is 1. The van der Waals surface area contributed by atoms with Gasteiger partial charge in [0.05, 0.1) is 6.10 Å². The third-order valence-electron chi connectivity index (χ3n) is 4.70. The second-order valence-corrected chi connectivity index (χ2v) is 7.19. The van der Waals surface area contributed by atoms with Crippen LogP contribution in [0.2, 0.25) is 5.02 Å². The summed E-state index contributed by atoms with van der Waals surface area (Å²) < 4.78 is 7.08. The summed E-state index contributed by atoms with van der Waals surface area (Å²) in [5, 5.41) is 4.51. The van der Waals surface area contributed by atoms with Crippen molar-refractivity contribution in [2.45, 2.75) is 44.8 Å². The van der Waals surface area contributed by atoms with Gasteiger partial charge in [-0.3, -0.25) is 0 Å². The van der Waals surface area contributed by atoms with Crippen LogP contribution in [0.5, 0.6) is 0 Å². The van der Waals surface area contributed by atoms with E-state index in [9.17, 15) is 0 Å². The van der Waals surface area contributed by atoms with Gasteiger partial charge in [0.2, 0.25) is 0 Å². The minimum atomic E-state index is 0.402. The molecule has 0 bridgehead atoms. The zero-order chi connectivity index (χ0) is 13.5. The lowest BCUT2D eigenvalue weighted by Gasteiger charge is -2.61. The maximum absolute atomic E-state index is 6.01. The average molecular weight is 392 g/mol. The molecular formula is C15H19ClINO. The Labute approximate surface area is 133 Å². The highest BCUT2D eigenvalue weighted by atomic mass is 127. The van der Waals surface area contributed by atoms with Gasteiger partial charge in [0.15, 0.2) is 0 Å². The number of rotatable bonds is 4. The van der Waals surface area contributed by atoms with E-state index < -0.39 is 0 Å². The van der Waals surface area contributed by atoms with Crippen LogP contribution in [0.25, 0.3) is 0 Å². The van der Waals surface area contributed by atoms with Crippen molar-refractivity contribution in [2.24, 2.45) is 5.41 Å². The van der Waals surface area contributed by atoms with Gasteiger partial charge in [-0.05, 0) is 67.0 Å². The number of hydrogen-bond acceptors (Lipinski definition) is 2. The number of ether oxygens (including phenoxy) is 1. The molecule has 0 radical (unpaired) electrons. The second kappa shape index (κ2) is 5.41. The molecule has 0 saturated heterocycles. The monoisotopic (exact) mass is 391 g/mol. The highest BCUT2D eigenvalue weighted by molar-refractivity contribution is 14.1. The molecule has 0 heterocycles. The van der Waals surface area contributed by atoms with Crippen LogP contribution in [0.15, 0.2) is 18.2 Å². The van der Waals surface area contributed by atoms with Gasteiger partial charge >= 0.3 is 0 Å². The molecule has 1 spiro atoms. The molecular weight excluding hydrogens is 373 g/mol. The number of benzene rings is 1. The molecule has 2 atom stereocenters. The van der Waals surface area contributed by atoms with Crippen LogP contribution in [0.1, 0.15) is 32.6 Å². The fourth-order valence-electron chi connectivity index (χ4n) is 3.43. The Kier molecular flexibility index (Phi) is 3.98. The smallest absolute Gasteiger partial charge is 0.0670 e. The maximum atomic E-state index is 6.01. The summed E-state index contributed by atoms with van der Waals surface area (Å²) in [4.78, 5) is 0. The molecule has 2 nitrogen and oxygen atoms in total. The van der Waals surface area contributed by atoms with Gasteiger partial charge in [-0.1, -0.05) is 18.0 Å². The summed E-state index contributed by atoms with van der Waals surface area (Å²) in [6, 6.07) is 6.62. The molecule has 1 aromatic rings. The molecule has 0 amide bonds. The topological polar surface area (TPSA) is 21.3 Å². The molecule has 2 aliphatic carbocycles. The van der Waals surface area contributed by atoms with Crippen molar-refractivity contribution in [3.8, 4) is 0 Å². The SMILES string of the molecule is CCOC1CC(Nc2ccc(Cl)cc2I)C12CCC2. The highest BCUT2D eigenvalue weighted by Gasteiger charge is 2.58. The van der Waals surface area contributed by atoms with Crippen LogP contribution < -0.4 is 5.32 Å². The fraction of sp³-hybridized carbons (Fsp3) is 0.600. The predicted molar refractivity (Wildman–Crippen MR) is 87.9 cm³/mol. The Bertz CT molecular complexity index is 475. The van der Waals surface area contributed by atoms with Gasteiger partial charge in [0, 0.05) is 32.3 Å². The Morgan fingerprint density at radius 1 is 1.47 bits per heavy atom. The summed E-state index contributed by atoms with van der Waals surface area (Å²) in [6.07, 6.45) is 5.55. The molecule has 104 valence electrons. The molecule has 2 fully saturated rings. The summed E-state index contributed by atoms with van der Waals surface area (Å²) in [6.45, 7) is 2.92. The van der Waals surface area contributed by atoms with Crippen molar-refractivity contribution in [1.29, 1.82) is 0 Å². The van der Waals surface area contributed by atoms with Crippen LogP contribution in [0.4, 0.5) is 5.69 Å². The van der Waals surface area contributed by atoms with Crippen LogP contribution in [-0.2, 0) is 4.74 Å². The van der Waals surface area contributed by atoms with Crippen LogP contribution in [0, 0.1) is 8.99 Å². The Balaban J connectivity index is 1.71.